The number of aliphatic hydroxyl groups excluding tert-OH is 1. The summed E-state index contributed by atoms with van der Waals surface area (Å²) in [5.41, 5.74) is 0.554. The largest absolute Gasteiger partial charge is 0.457 e. The Labute approximate surface area is 102 Å². The summed E-state index contributed by atoms with van der Waals surface area (Å²) >= 11 is 3.20. The van der Waals surface area contributed by atoms with E-state index in [1.165, 1.54) is 6.26 Å². The van der Waals surface area contributed by atoms with Crippen molar-refractivity contribution in [1.82, 2.24) is 4.90 Å². The van der Waals surface area contributed by atoms with Crippen LogP contribution < -0.4 is 0 Å². The van der Waals surface area contributed by atoms with Gasteiger partial charge in [0.15, 0.2) is 4.67 Å². The molecule has 1 aromatic heterocycles. The minimum atomic E-state index is -0.0289. The van der Waals surface area contributed by atoms with E-state index in [0.29, 0.717) is 16.8 Å². The van der Waals surface area contributed by atoms with Gasteiger partial charge in [0.1, 0.15) is 0 Å². The molecule has 0 bridgehead atoms. The second kappa shape index (κ2) is 5.01. The number of hydrogen-bond acceptors (Lipinski definition) is 3. The van der Waals surface area contributed by atoms with Crippen LogP contribution in [0.2, 0.25) is 0 Å². The SMILES string of the molecule is O=C(c1ccoc1Br)N1CCCC(CO)C1. The number of amides is 1. The van der Waals surface area contributed by atoms with Gasteiger partial charge in [-0.3, -0.25) is 4.79 Å². The van der Waals surface area contributed by atoms with Crippen molar-refractivity contribution in [2.45, 2.75) is 12.8 Å². The summed E-state index contributed by atoms with van der Waals surface area (Å²) in [6.45, 7) is 1.54. The van der Waals surface area contributed by atoms with Crippen LogP contribution in [0.5, 0.6) is 0 Å². The van der Waals surface area contributed by atoms with Crippen LogP contribution in [0.4, 0.5) is 0 Å². The van der Waals surface area contributed by atoms with Crippen LogP contribution in [0.1, 0.15) is 23.2 Å². The van der Waals surface area contributed by atoms with E-state index in [1.807, 2.05) is 0 Å². The van der Waals surface area contributed by atoms with Gasteiger partial charge >= 0.3 is 0 Å². The number of halogens is 1. The first-order valence-corrected chi connectivity index (χ1v) is 6.14. The molecule has 1 saturated heterocycles. The summed E-state index contributed by atoms with van der Waals surface area (Å²) in [5, 5.41) is 9.11. The normalized spacial score (nSPS) is 21.1. The van der Waals surface area contributed by atoms with Crippen molar-refractivity contribution >= 4 is 21.8 Å². The van der Waals surface area contributed by atoms with Gasteiger partial charge in [0.25, 0.3) is 5.91 Å². The zero-order valence-corrected chi connectivity index (χ0v) is 10.4. The molecule has 1 aromatic rings. The van der Waals surface area contributed by atoms with Crippen molar-refractivity contribution in [3.63, 3.8) is 0 Å². The highest BCUT2D eigenvalue weighted by molar-refractivity contribution is 9.10. The number of aliphatic hydroxyl groups is 1. The molecule has 2 rings (SSSR count). The van der Waals surface area contributed by atoms with E-state index in [0.717, 1.165) is 19.4 Å². The molecule has 0 spiro atoms. The van der Waals surface area contributed by atoms with Gasteiger partial charge in [-0.15, -0.1) is 0 Å². The molecule has 1 aliphatic rings. The molecule has 1 N–H and O–H groups in total. The fraction of sp³-hybridized carbons (Fsp3) is 0.545. The molecule has 0 radical (unpaired) electrons. The average Bonchev–Trinajstić information content (AvgIpc) is 2.74. The summed E-state index contributed by atoms with van der Waals surface area (Å²) in [6, 6.07) is 1.66. The Morgan fingerprint density at radius 1 is 1.69 bits per heavy atom. The van der Waals surface area contributed by atoms with Crippen molar-refractivity contribution in [3.05, 3.63) is 22.6 Å². The Balaban J connectivity index is 2.07. The van der Waals surface area contributed by atoms with E-state index in [2.05, 4.69) is 15.9 Å². The Morgan fingerprint density at radius 2 is 2.50 bits per heavy atom. The standard InChI is InChI=1S/C11H14BrNO3/c12-10-9(3-5-16-10)11(15)13-4-1-2-8(6-13)7-14/h3,5,8,14H,1-2,4,6-7H2. The quantitative estimate of drug-likeness (QED) is 0.904. The van der Waals surface area contributed by atoms with Crippen LogP contribution in [-0.2, 0) is 0 Å². The van der Waals surface area contributed by atoms with Gasteiger partial charge in [0, 0.05) is 19.7 Å². The smallest absolute Gasteiger partial charge is 0.258 e. The third kappa shape index (κ3) is 2.30. The minimum Gasteiger partial charge on any atom is -0.457 e. The molecule has 1 atom stereocenters. The van der Waals surface area contributed by atoms with Gasteiger partial charge in [0.05, 0.1) is 11.8 Å². The Hall–Kier alpha value is -0.810. The first-order chi connectivity index (χ1) is 7.72. The van der Waals surface area contributed by atoms with Crippen molar-refractivity contribution in [2.24, 2.45) is 5.92 Å². The van der Waals surface area contributed by atoms with Crippen LogP contribution in [0, 0.1) is 5.92 Å². The molecule has 0 aliphatic carbocycles. The number of carbonyl (C=O) groups is 1. The number of piperidine rings is 1. The van der Waals surface area contributed by atoms with E-state index in [1.54, 1.807) is 11.0 Å². The summed E-state index contributed by atoms with van der Waals surface area (Å²) < 4.78 is 5.52. The monoisotopic (exact) mass is 287 g/mol. The van der Waals surface area contributed by atoms with Crippen molar-refractivity contribution in [2.75, 3.05) is 19.7 Å². The van der Waals surface area contributed by atoms with Crippen LogP contribution in [0.15, 0.2) is 21.4 Å². The van der Waals surface area contributed by atoms with Gasteiger partial charge in [-0.2, -0.15) is 0 Å². The van der Waals surface area contributed by atoms with Crippen LogP contribution >= 0.6 is 15.9 Å². The lowest BCUT2D eigenvalue weighted by Crippen LogP contribution is -2.40. The topological polar surface area (TPSA) is 53.7 Å². The molecular weight excluding hydrogens is 274 g/mol. The molecule has 1 unspecified atom stereocenters. The summed E-state index contributed by atoms with van der Waals surface area (Å²) in [5.74, 6) is 0.183. The van der Waals surface area contributed by atoms with E-state index in [4.69, 9.17) is 9.52 Å². The lowest BCUT2D eigenvalue weighted by Gasteiger charge is -2.31. The van der Waals surface area contributed by atoms with Crippen LogP contribution in [-0.4, -0.2) is 35.6 Å². The fourth-order valence-corrected chi connectivity index (χ4v) is 2.42. The molecule has 4 nitrogen and oxygen atoms in total. The van der Waals surface area contributed by atoms with E-state index in [-0.39, 0.29) is 18.4 Å². The molecule has 16 heavy (non-hydrogen) atoms. The first-order valence-electron chi connectivity index (χ1n) is 5.35. The second-order valence-corrected chi connectivity index (χ2v) is 4.77. The average molecular weight is 288 g/mol. The number of carbonyl (C=O) groups excluding carboxylic acids is 1. The highest BCUT2D eigenvalue weighted by atomic mass is 79.9. The number of likely N-dealkylation sites (tertiary alicyclic amines) is 1. The van der Waals surface area contributed by atoms with Gasteiger partial charge in [-0.1, -0.05) is 0 Å². The summed E-state index contributed by atoms with van der Waals surface area (Å²) in [6.07, 6.45) is 3.43. The maximum absolute atomic E-state index is 12.1. The predicted octanol–water partition coefficient (Wildman–Crippen LogP) is 1.89. The molecule has 2 heterocycles. The van der Waals surface area contributed by atoms with Gasteiger partial charge in [0.2, 0.25) is 0 Å². The highest BCUT2D eigenvalue weighted by Gasteiger charge is 2.25. The third-order valence-electron chi connectivity index (χ3n) is 2.91. The predicted molar refractivity (Wildman–Crippen MR) is 62.1 cm³/mol. The van der Waals surface area contributed by atoms with Gasteiger partial charge in [-0.25, -0.2) is 0 Å². The molecule has 1 aliphatic heterocycles. The van der Waals surface area contributed by atoms with Gasteiger partial charge in [-0.05, 0) is 40.8 Å². The summed E-state index contributed by atoms with van der Waals surface area (Å²) in [4.78, 5) is 13.9. The van der Waals surface area contributed by atoms with Crippen LogP contribution in [0.3, 0.4) is 0 Å². The first kappa shape index (κ1) is 11.7. The third-order valence-corrected chi connectivity index (χ3v) is 3.53. The zero-order chi connectivity index (χ0) is 11.5. The number of rotatable bonds is 2. The van der Waals surface area contributed by atoms with E-state index < -0.39 is 0 Å². The molecule has 5 heteroatoms. The maximum Gasteiger partial charge on any atom is 0.258 e. The highest BCUT2D eigenvalue weighted by Crippen LogP contribution is 2.23. The second-order valence-electron chi connectivity index (χ2n) is 4.05. The molecule has 1 fully saturated rings. The maximum atomic E-state index is 12.1. The fourth-order valence-electron chi connectivity index (χ4n) is 2.02. The Kier molecular flexibility index (Phi) is 3.66. The van der Waals surface area contributed by atoms with E-state index >= 15 is 0 Å². The zero-order valence-electron chi connectivity index (χ0n) is 8.86. The lowest BCUT2D eigenvalue weighted by atomic mass is 9.98. The Bertz CT molecular complexity index is 377. The minimum absolute atomic E-state index is 0.0289. The molecule has 1 amide bonds. The number of furan rings is 1. The molecule has 0 saturated carbocycles. The van der Waals surface area contributed by atoms with Crippen molar-refractivity contribution in [1.29, 1.82) is 0 Å². The lowest BCUT2D eigenvalue weighted by molar-refractivity contribution is 0.0619. The van der Waals surface area contributed by atoms with E-state index in [9.17, 15) is 4.79 Å². The van der Waals surface area contributed by atoms with Crippen molar-refractivity contribution in [3.8, 4) is 0 Å². The molecular formula is C11H14BrNO3. The van der Waals surface area contributed by atoms with Crippen LogP contribution in [0.25, 0.3) is 0 Å². The molecule has 88 valence electrons. The van der Waals surface area contributed by atoms with Crippen molar-refractivity contribution < 1.29 is 14.3 Å². The Morgan fingerprint density at radius 3 is 3.12 bits per heavy atom. The van der Waals surface area contributed by atoms with Gasteiger partial charge < -0.3 is 14.4 Å². The number of hydrogen-bond donors (Lipinski definition) is 1. The number of nitrogens with zero attached hydrogens (tertiary/aromatic N) is 1. The molecule has 0 aromatic carbocycles. The summed E-state index contributed by atoms with van der Waals surface area (Å²) in [7, 11) is 0.